The molecule has 0 fully saturated rings. The number of carboxylic acids is 1. The molecule has 0 heterocycles. The van der Waals surface area contributed by atoms with E-state index in [1.54, 1.807) is 31.2 Å². The number of nitrogens with one attached hydrogen (secondary N) is 2. The third-order valence-electron chi connectivity index (χ3n) is 2.99. The van der Waals surface area contributed by atoms with E-state index in [1.165, 1.54) is 6.92 Å². The standard InChI is InChI=1S/C15H20N2O4/c1-3-13(18)16-10(2)14(19)17-12(15(20)21)9-11-7-5-4-6-8-11/h4-8,10,12H,3,9H2,1-2H3,(H,16,18)(H,17,19)(H,20,21)/t10-,12+/m1/s1. The highest BCUT2D eigenvalue weighted by Crippen LogP contribution is 2.04. The highest BCUT2D eigenvalue weighted by molar-refractivity contribution is 5.90. The lowest BCUT2D eigenvalue weighted by molar-refractivity contribution is -0.142. The van der Waals surface area contributed by atoms with E-state index >= 15 is 0 Å². The van der Waals surface area contributed by atoms with Crippen molar-refractivity contribution in [3.05, 3.63) is 35.9 Å². The average Bonchev–Trinajstić information content (AvgIpc) is 2.47. The van der Waals surface area contributed by atoms with E-state index < -0.39 is 24.0 Å². The maximum absolute atomic E-state index is 11.9. The van der Waals surface area contributed by atoms with Crippen LogP contribution in [0.5, 0.6) is 0 Å². The Kier molecular flexibility index (Phi) is 6.39. The van der Waals surface area contributed by atoms with Crippen LogP contribution in [0.25, 0.3) is 0 Å². The van der Waals surface area contributed by atoms with Crippen molar-refractivity contribution in [1.29, 1.82) is 0 Å². The number of carbonyl (C=O) groups is 3. The molecule has 6 nitrogen and oxygen atoms in total. The fourth-order valence-electron chi connectivity index (χ4n) is 1.76. The molecule has 0 aromatic heterocycles. The molecule has 0 unspecified atom stereocenters. The summed E-state index contributed by atoms with van der Waals surface area (Å²) in [5, 5.41) is 14.1. The third kappa shape index (κ3) is 5.64. The number of amides is 2. The largest absolute Gasteiger partial charge is 0.480 e. The van der Waals surface area contributed by atoms with Gasteiger partial charge in [-0.1, -0.05) is 37.3 Å². The second-order valence-electron chi connectivity index (χ2n) is 4.73. The van der Waals surface area contributed by atoms with Gasteiger partial charge < -0.3 is 15.7 Å². The summed E-state index contributed by atoms with van der Waals surface area (Å²) in [5.41, 5.74) is 0.815. The summed E-state index contributed by atoms with van der Waals surface area (Å²) in [6, 6.07) is 7.24. The van der Waals surface area contributed by atoms with E-state index in [0.717, 1.165) is 5.56 Å². The van der Waals surface area contributed by atoms with Crippen molar-refractivity contribution < 1.29 is 19.5 Å². The molecule has 6 heteroatoms. The van der Waals surface area contributed by atoms with Crippen molar-refractivity contribution in [3.63, 3.8) is 0 Å². The zero-order valence-electron chi connectivity index (χ0n) is 12.1. The first kappa shape index (κ1) is 16.7. The second kappa shape index (κ2) is 8.04. The Labute approximate surface area is 123 Å². The Morgan fingerprint density at radius 3 is 2.29 bits per heavy atom. The Morgan fingerprint density at radius 1 is 1.14 bits per heavy atom. The quantitative estimate of drug-likeness (QED) is 0.690. The molecule has 1 rings (SSSR count). The summed E-state index contributed by atoms with van der Waals surface area (Å²) in [6.45, 7) is 3.19. The summed E-state index contributed by atoms with van der Waals surface area (Å²) < 4.78 is 0. The van der Waals surface area contributed by atoms with Crippen LogP contribution in [0.1, 0.15) is 25.8 Å². The number of benzene rings is 1. The van der Waals surface area contributed by atoms with Gasteiger partial charge in [-0.15, -0.1) is 0 Å². The van der Waals surface area contributed by atoms with Gasteiger partial charge in [-0.25, -0.2) is 4.79 Å². The van der Waals surface area contributed by atoms with E-state index in [2.05, 4.69) is 10.6 Å². The normalized spacial score (nSPS) is 13.0. The van der Waals surface area contributed by atoms with Gasteiger partial charge in [0.2, 0.25) is 11.8 Å². The lowest BCUT2D eigenvalue weighted by atomic mass is 10.1. The number of carbonyl (C=O) groups excluding carboxylic acids is 2. The van der Waals surface area contributed by atoms with Crippen molar-refractivity contribution in [2.75, 3.05) is 0 Å². The predicted molar refractivity (Wildman–Crippen MR) is 77.6 cm³/mol. The Bertz CT molecular complexity index is 502. The summed E-state index contributed by atoms with van der Waals surface area (Å²) in [7, 11) is 0. The molecule has 0 radical (unpaired) electrons. The molecule has 0 aliphatic heterocycles. The number of hydrogen-bond acceptors (Lipinski definition) is 3. The van der Waals surface area contributed by atoms with E-state index in [9.17, 15) is 19.5 Å². The van der Waals surface area contributed by atoms with Gasteiger partial charge in [0.05, 0.1) is 0 Å². The van der Waals surface area contributed by atoms with Crippen LogP contribution in [0, 0.1) is 0 Å². The summed E-state index contributed by atoms with van der Waals surface area (Å²) in [6.07, 6.45) is 0.459. The van der Waals surface area contributed by atoms with Gasteiger partial charge in [0, 0.05) is 12.8 Å². The van der Waals surface area contributed by atoms with Crippen LogP contribution in [-0.2, 0) is 20.8 Å². The Balaban J connectivity index is 2.64. The zero-order chi connectivity index (χ0) is 15.8. The van der Waals surface area contributed by atoms with Crippen LogP contribution in [0.15, 0.2) is 30.3 Å². The van der Waals surface area contributed by atoms with Gasteiger partial charge in [-0.2, -0.15) is 0 Å². The minimum atomic E-state index is -1.11. The van der Waals surface area contributed by atoms with Crippen molar-refractivity contribution in [3.8, 4) is 0 Å². The molecular formula is C15H20N2O4. The molecule has 1 aromatic carbocycles. The van der Waals surface area contributed by atoms with E-state index in [1.807, 2.05) is 6.07 Å². The van der Waals surface area contributed by atoms with Crippen molar-refractivity contribution in [1.82, 2.24) is 10.6 Å². The van der Waals surface area contributed by atoms with E-state index in [-0.39, 0.29) is 18.7 Å². The molecule has 1 aromatic rings. The van der Waals surface area contributed by atoms with Crippen LogP contribution in [0.2, 0.25) is 0 Å². The SMILES string of the molecule is CCC(=O)N[C@H](C)C(=O)N[C@@H](Cc1ccccc1)C(=O)O. The minimum Gasteiger partial charge on any atom is -0.480 e. The van der Waals surface area contributed by atoms with Gasteiger partial charge in [0.1, 0.15) is 12.1 Å². The predicted octanol–water partition coefficient (Wildman–Crippen LogP) is 0.713. The molecule has 2 atom stereocenters. The minimum absolute atomic E-state index is 0.191. The van der Waals surface area contributed by atoms with Crippen molar-refractivity contribution >= 4 is 17.8 Å². The molecule has 3 N–H and O–H groups in total. The molecule has 0 aliphatic rings. The number of hydrogen-bond donors (Lipinski definition) is 3. The molecule has 0 saturated heterocycles. The van der Waals surface area contributed by atoms with Gasteiger partial charge in [-0.3, -0.25) is 9.59 Å². The number of aliphatic carboxylic acids is 1. The van der Waals surface area contributed by atoms with Crippen LogP contribution in [0.4, 0.5) is 0 Å². The maximum atomic E-state index is 11.9. The first-order valence-corrected chi connectivity index (χ1v) is 6.80. The second-order valence-corrected chi connectivity index (χ2v) is 4.73. The first-order chi connectivity index (χ1) is 9.93. The van der Waals surface area contributed by atoms with Crippen molar-refractivity contribution in [2.24, 2.45) is 0 Å². The molecule has 114 valence electrons. The zero-order valence-corrected chi connectivity index (χ0v) is 12.1. The van der Waals surface area contributed by atoms with Gasteiger partial charge in [-0.05, 0) is 12.5 Å². The summed E-state index contributed by atoms with van der Waals surface area (Å²) >= 11 is 0. The number of carboxylic acid groups (broad SMARTS) is 1. The van der Waals surface area contributed by atoms with E-state index in [4.69, 9.17) is 0 Å². The maximum Gasteiger partial charge on any atom is 0.326 e. The lowest BCUT2D eigenvalue weighted by Crippen LogP contribution is -2.50. The van der Waals surface area contributed by atoms with Gasteiger partial charge in [0.25, 0.3) is 0 Å². The van der Waals surface area contributed by atoms with Crippen LogP contribution >= 0.6 is 0 Å². The highest BCUT2D eigenvalue weighted by atomic mass is 16.4. The Morgan fingerprint density at radius 2 is 1.76 bits per heavy atom. The molecule has 0 bridgehead atoms. The molecule has 0 saturated carbocycles. The molecule has 0 spiro atoms. The summed E-state index contributed by atoms with van der Waals surface area (Å²) in [4.78, 5) is 34.4. The molecular weight excluding hydrogens is 272 g/mol. The van der Waals surface area contributed by atoms with Crippen molar-refractivity contribution in [2.45, 2.75) is 38.8 Å². The molecule has 0 aliphatic carbocycles. The third-order valence-corrected chi connectivity index (χ3v) is 2.99. The van der Waals surface area contributed by atoms with Crippen LogP contribution in [-0.4, -0.2) is 35.0 Å². The summed E-state index contributed by atoms with van der Waals surface area (Å²) in [5.74, 6) is -1.88. The van der Waals surface area contributed by atoms with Crippen LogP contribution < -0.4 is 10.6 Å². The fraction of sp³-hybridized carbons (Fsp3) is 0.400. The smallest absolute Gasteiger partial charge is 0.326 e. The molecule has 2 amide bonds. The number of rotatable bonds is 7. The van der Waals surface area contributed by atoms with Gasteiger partial charge >= 0.3 is 5.97 Å². The van der Waals surface area contributed by atoms with Gasteiger partial charge in [0.15, 0.2) is 0 Å². The monoisotopic (exact) mass is 292 g/mol. The average molecular weight is 292 g/mol. The topological polar surface area (TPSA) is 95.5 Å². The highest BCUT2D eigenvalue weighted by Gasteiger charge is 2.23. The molecule has 21 heavy (non-hydrogen) atoms. The lowest BCUT2D eigenvalue weighted by Gasteiger charge is -2.18. The van der Waals surface area contributed by atoms with Crippen LogP contribution in [0.3, 0.4) is 0 Å². The first-order valence-electron chi connectivity index (χ1n) is 6.80. The Hall–Kier alpha value is -2.37. The fourth-order valence-corrected chi connectivity index (χ4v) is 1.76. The van der Waals surface area contributed by atoms with E-state index in [0.29, 0.717) is 0 Å².